The molecule has 0 aromatic heterocycles. The molecule has 1 heteroatoms. The van der Waals surface area contributed by atoms with Crippen molar-refractivity contribution in [2.75, 3.05) is 13.2 Å². The minimum absolute atomic E-state index is 0.653. The second-order valence-corrected chi connectivity index (χ2v) is 3.60. The normalized spacial score (nSPS) is 41.2. The summed E-state index contributed by atoms with van der Waals surface area (Å²) in [6, 6.07) is 0. The summed E-state index contributed by atoms with van der Waals surface area (Å²) in [6.45, 7) is 8.43. The molecule has 2 atom stereocenters. The zero-order chi connectivity index (χ0) is 8.32. The lowest BCUT2D eigenvalue weighted by molar-refractivity contribution is 0.0282. The van der Waals surface area contributed by atoms with E-state index in [1.165, 1.54) is 19.3 Å². The SMILES string of the molecule is CC.CC1CC[C@@]12CCOC2. The maximum atomic E-state index is 5.37. The fraction of sp³-hybridized carbons (Fsp3) is 1.00. The Bertz CT molecular complexity index is 114. The van der Waals surface area contributed by atoms with Crippen LogP contribution in [0.1, 0.15) is 40.0 Å². The molecule has 1 aliphatic heterocycles. The lowest BCUT2D eigenvalue weighted by atomic mass is 9.61. The molecule has 11 heavy (non-hydrogen) atoms. The quantitative estimate of drug-likeness (QED) is 0.524. The van der Waals surface area contributed by atoms with E-state index in [1.54, 1.807) is 0 Å². The van der Waals surface area contributed by atoms with Gasteiger partial charge in [0, 0.05) is 6.61 Å². The van der Waals surface area contributed by atoms with Crippen LogP contribution in [0.3, 0.4) is 0 Å². The molecule has 1 unspecified atom stereocenters. The predicted octanol–water partition coefficient (Wildman–Crippen LogP) is 2.85. The molecule has 0 amide bonds. The molecule has 1 aliphatic carbocycles. The Hall–Kier alpha value is -0.0400. The lowest BCUT2D eigenvalue weighted by Crippen LogP contribution is -2.38. The van der Waals surface area contributed by atoms with Crippen molar-refractivity contribution in [3.63, 3.8) is 0 Å². The second-order valence-electron chi connectivity index (χ2n) is 3.60. The van der Waals surface area contributed by atoms with Crippen LogP contribution in [0.25, 0.3) is 0 Å². The van der Waals surface area contributed by atoms with E-state index in [9.17, 15) is 0 Å². The highest BCUT2D eigenvalue weighted by molar-refractivity contribution is 4.95. The van der Waals surface area contributed by atoms with Gasteiger partial charge >= 0.3 is 0 Å². The Morgan fingerprint density at radius 3 is 2.18 bits per heavy atom. The molecule has 0 N–H and O–H groups in total. The van der Waals surface area contributed by atoms with E-state index >= 15 is 0 Å². The summed E-state index contributed by atoms with van der Waals surface area (Å²) in [5.41, 5.74) is 0.653. The molecule has 66 valence electrons. The Morgan fingerprint density at radius 2 is 2.00 bits per heavy atom. The van der Waals surface area contributed by atoms with Crippen LogP contribution >= 0.6 is 0 Å². The molecule has 0 aromatic carbocycles. The van der Waals surface area contributed by atoms with Gasteiger partial charge in [0.15, 0.2) is 0 Å². The third kappa shape index (κ3) is 1.44. The van der Waals surface area contributed by atoms with Gasteiger partial charge in [-0.2, -0.15) is 0 Å². The molecule has 0 radical (unpaired) electrons. The van der Waals surface area contributed by atoms with Crippen molar-refractivity contribution in [2.45, 2.75) is 40.0 Å². The first kappa shape index (κ1) is 9.05. The van der Waals surface area contributed by atoms with Crippen LogP contribution in [0.15, 0.2) is 0 Å². The van der Waals surface area contributed by atoms with Gasteiger partial charge in [-0.3, -0.25) is 0 Å². The summed E-state index contributed by atoms with van der Waals surface area (Å²) < 4.78 is 5.37. The molecule has 1 nitrogen and oxygen atoms in total. The maximum Gasteiger partial charge on any atom is 0.0525 e. The van der Waals surface area contributed by atoms with Crippen LogP contribution < -0.4 is 0 Å². The minimum Gasteiger partial charge on any atom is -0.381 e. The van der Waals surface area contributed by atoms with Gasteiger partial charge in [-0.05, 0) is 30.6 Å². The maximum absolute atomic E-state index is 5.37. The van der Waals surface area contributed by atoms with Gasteiger partial charge in [-0.25, -0.2) is 0 Å². The third-order valence-corrected chi connectivity index (χ3v) is 3.25. The van der Waals surface area contributed by atoms with Crippen molar-refractivity contribution in [3.05, 3.63) is 0 Å². The highest BCUT2D eigenvalue weighted by Crippen LogP contribution is 2.51. The summed E-state index contributed by atoms with van der Waals surface area (Å²) >= 11 is 0. The number of rotatable bonds is 0. The summed E-state index contributed by atoms with van der Waals surface area (Å²) in [4.78, 5) is 0. The predicted molar refractivity (Wildman–Crippen MR) is 47.6 cm³/mol. The van der Waals surface area contributed by atoms with Gasteiger partial charge in [0.2, 0.25) is 0 Å². The van der Waals surface area contributed by atoms with Crippen LogP contribution in [-0.4, -0.2) is 13.2 Å². The van der Waals surface area contributed by atoms with E-state index in [0.717, 1.165) is 19.1 Å². The van der Waals surface area contributed by atoms with Crippen molar-refractivity contribution in [2.24, 2.45) is 11.3 Å². The minimum atomic E-state index is 0.653. The van der Waals surface area contributed by atoms with Gasteiger partial charge in [-0.15, -0.1) is 0 Å². The average Bonchev–Trinajstić information content (AvgIpc) is 2.56. The topological polar surface area (TPSA) is 9.23 Å². The average molecular weight is 156 g/mol. The molecule has 0 aromatic rings. The first-order chi connectivity index (χ1) is 5.33. The first-order valence-electron chi connectivity index (χ1n) is 4.91. The second kappa shape index (κ2) is 3.57. The smallest absolute Gasteiger partial charge is 0.0525 e. The van der Waals surface area contributed by atoms with Gasteiger partial charge in [-0.1, -0.05) is 20.8 Å². The Morgan fingerprint density at radius 1 is 1.27 bits per heavy atom. The van der Waals surface area contributed by atoms with Crippen molar-refractivity contribution in [1.29, 1.82) is 0 Å². The van der Waals surface area contributed by atoms with Crippen LogP contribution in [0, 0.1) is 11.3 Å². The Balaban J connectivity index is 0.000000281. The molecular weight excluding hydrogens is 136 g/mol. The van der Waals surface area contributed by atoms with Gasteiger partial charge in [0.1, 0.15) is 0 Å². The fourth-order valence-electron chi connectivity index (χ4n) is 2.05. The van der Waals surface area contributed by atoms with Crippen LogP contribution in [0.4, 0.5) is 0 Å². The molecule has 0 bridgehead atoms. The van der Waals surface area contributed by atoms with E-state index in [1.807, 2.05) is 13.8 Å². The van der Waals surface area contributed by atoms with E-state index in [4.69, 9.17) is 4.74 Å². The van der Waals surface area contributed by atoms with Gasteiger partial charge in [0.25, 0.3) is 0 Å². The molecular formula is C10H20O. The summed E-state index contributed by atoms with van der Waals surface area (Å²) in [7, 11) is 0. The summed E-state index contributed by atoms with van der Waals surface area (Å²) in [5, 5.41) is 0. The largest absolute Gasteiger partial charge is 0.381 e. The summed E-state index contributed by atoms with van der Waals surface area (Å²) in [5.74, 6) is 0.944. The molecule has 2 rings (SSSR count). The molecule has 1 spiro atoms. The van der Waals surface area contributed by atoms with Crippen molar-refractivity contribution in [3.8, 4) is 0 Å². The van der Waals surface area contributed by atoms with E-state index in [2.05, 4.69) is 6.92 Å². The van der Waals surface area contributed by atoms with Crippen LogP contribution in [0.2, 0.25) is 0 Å². The number of hydrogen-bond donors (Lipinski definition) is 0. The highest BCUT2D eigenvalue weighted by Gasteiger charge is 2.46. The Labute approximate surface area is 70.1 Å². The van der Waals surface area contributed by atoms with Crippen molar-refractivity contribution < 1.29 is 4.74 Å². The molecule has 1 saturated carbocycles. The Kier molecular flexibility index (Phi) is 2.94. The van der Waals surface area contributed by atoms with Crippen LogP contribution in [-0.2, 0) is 4.74 Å². The monoisotopic (exact) mass is 156 g/mol. The fourth-order valence-corrected chi connectivity index (χ4v) is 2.05. The molecule has 2 fully saturated rings. The lowest BCUT2D eigenvalue weighted by Gasteiger charge is -2.44. The molecule has 2 aliphatic rings. The van der Waals surface area contributed by atoms with Gasteiger partial charge in [0.05, 0.1) is 6.61 Å². The van der Waals surface area contributed by atoms with E-state index in [-0.39, 0.29) is 0 Å². The van der Waals surface area contributed by atoms with Crippen molar-refractivity contribution >= 4 is 0 Å². The van der Waals surface area contributed by atoms with Crippen molar-refractivity contribution in [1.82, 2.24) is 0 Å². The standard InChI is InChI=1S/C8H14O.C2H6/c1-7-2-3-8(7)4-5-9-6-8;1-2/h7H,2-6H2,1H3;1-2H3/t7?,8-;/m0./s1. The molecule has 1 heterocycles. The first-order valence-corrected chi connectivity index (χ1v) is 4.91. The summed E-state index contributed by atoms with van der Waals surface area (Å²) in [6.07, 6.45) is 4.19. The zero-order valence-electron chi connectivity index (χ0n) is 8.02. The highest BCUT2D eigenvalue weighted by atomic mass is 16.5. The van der Waals surface area contributed by atoms with Crippen LogP contribution in [0.5, 0.6) is 0 Å². The third-order valence-electron chi connectivity index (χ3n) is 3.25. The molecule has 1 saturated heterocycles. The van der Waals surface area contributed by atoms with E-state index in [0.29, 0.717) is 5.41 Å². The number of hydrogen-bond acceptors (Lipinski definition) is 1. The zero-order valence-corrected chi connectivity index (χ0v) is 8.02. The number of ether oxygens (including phenoxy) is 1. The van der Waals surface area contributed by atoms with E-state index < -0.39 is 0 Å². The van der Waals surface area contributed by atoms with Gasteiger partial charge < -0.3 is 4.74 Å².